The van der Waals surface area contributed by atoms with Crippen LogP contribution in [0.1, 0.15) is 38.2 Å². The quantitative estimate of drug-likeness (QED) is 0.558. The summed E-state index contributed by atoms with van der Waals surface area (Å²) in [7, 11) is -3.86. The van der Waals surface area contributed by atoms with Gasteiger partial charge in [-0.15, -0.1) is 0 Å². The summed E-state index contributed by atoms with van der Waals surface area (Å²) in [6.07, 6.45) is 4.85. The summed E-state index contributed by atoms with van der Waals surface area (Å²) in [4.78, 5) is 27.8. The number of para-hydroxylation sites is 1. The van der Waals surface area contributed by atoms with Gasteiger partial charge in [0.05, 0.1) is 17.0 Å². The van der Waals surface area contributed by atoms with E-state index in [1.165, 1.54) is 41.3 Å². The molecule has 0 saturated heterocycles. The number of benzene rings is 2. The van der Waals surface area contributed by atoms with Gasteiger partial charge < -0.3 is 10.2 Å². The first-order chi connectivity index (χ1) is 16.1. The molecule has 0 heterocycles. The number of halogens is 2. The van der Waals surface area contributed by atoms with Crippen LogP contribution in [0.3, 0.4) is 0 Å². The summed E-state index contributed by atoms with van der Waals surface area (Å²) in [5, 5.41) is 3.17. The highest BCUT2D eigenvalue weighted by Crippen LogP contribution is 2.27. The van der Waals surface area contributed by atoms with E-state index in [1.807, 2.05) is 0 Å². The van der Waals surface area contributed by atoms with Crippen LogP contribution in [0.15, 0.2) is 48.5 Å². The lowest BCUT2D eigenvalue weighted by molar-refractivity contribution is -0.139. The van der Waals surface area contributed by atoms with Crippen LogP contribution in [0, 0.1) is 5.82 Å². The van der Waals surface area contributed by atoms with Gasteiger partial charge in [0.2, 0.25) is 21.8 Å². The van der Waals surface area contributed by atoms with Crippen LogP contribution in [0.25, 0.3) is 0 Å². The van der Waals surface area contributed by atoms with Crippen molar-refractivity contribution in [3.63, 3.8) is 0 Å². The van der Waals surface area contributed by atoms with E-state index in [9.17, 15) is 22.4 Å². The molecular formula is C24H29ClFN3O4S. The zero-order valence-electron chi connectivity index (χ0n) is 19.2. The van der Waals surface area contributed by atoms with Crippen LogP contribution in [-0.2, 0) is 26.2 Å². The SMILES string of the molecule is C[C@@H](C(=O)NC1CCCC1)N(Cc1ccc(F)cc1)C(=O)CN(c1ccccc1Cl)S(C)(=O)=O. The molecule has 1 N–H and O–H groups in total. The number of anilines is 1. The highest BCUT2D eigenvalue weighted by Gasteiger charge is 2.31. The van der Waals surface area contributed by atoms with Crippen LogP contribution < -0.4 is 9.62 Å². The molecule has 1 aliphatic rings. The second kappa shape index (κ2) is 11.2. The van der Waals surface area contributed by atoms with Crippen molar-refractivity contribution >= 4 is 39.1 Å². The van der Waals surface area contributed by atoms with Crippen LogP contribution in [0.2, 0.25) is 5.02 Å². The summed E-state index contributed by atoms with van der Waals surface area (Å²) in [5.74, 6) is -1.31. The first-order valence-electron chi connectivity index (χ1n) is 11.1. The molecule has 0 aliphatic heterocycles. The molecule has 0 spiro atoms. The van der Waals surface area contributed by atoms with Crippen molar-refractivity contribution in [2.24, 2.45) is 0 Å². The molecule has 2 amide bonds. The predicted molar refractivity (Wildman–Crippen MR) is 130 cm³/mol. The summed E-state index contributed by atoms with van der Waals surface area (Å²) >= 11 is 6.21. The Morgan fingerprint density at radius 1 is 1.12 bits per heavy atom. The van der Waals surface area contributed by atoms with E-state index >= 15 is 0 Å². The van der Waals surface area contributed by atoms with E-state index in [0.717, 1.165) is 36.2 Å². The Balaban J connectivity index is 1.88. The number of sulfonamides is 1. The Morgan fingerprint density at radius 2 is 1.74 bits per heavy atom. The fourth-order valence-electron chi connectivity index (χ4n) is 4.01. The van der Waals surface area contributed by atoms with Crippen molar-refractivity contribution in [1.82, 2.24) is 10.2 Å². The summed E-state index contributed by atoms with van der Waals surface area (Å²) in [6.45, 7) is 1.08. The molecule has 3 rings (SSSR count). The largest absolute Gasteiger partial charge is 0.352 e. The number of hydrogen-bond donors (Lipinski definition) is 1. The Kier molecular flexibility index (Phi) is 8.54. The maximum atomic E-state index is 13.5. The van der Waals surface area contributed by atoms with Gasteiger partial charge >= 0.3 is 0 Å². The molecule has 0 unspecified atom stereocenters. The van der Waals surface area contributed by atoms with Gasteiger partial charge in [-0.1, -0.05) is 48.7 Å². The summed E-state index contributed by atoms with van der Waals surface area (Å²) in [5.41, 5.74) is 0.781. The third-order valence-corrected chi connectivity index (χ3v) is 7.38. The molecule has 184 valence electrons. The molecule has 0 bridgehead atoms. The fraction of sp³-hybridized carbons (Fsp3) is 0.417. The molecule has 1 atom stereocenters. The van der Waals surface area contributed by atoms with Crippen molar-refractivity contribution in [2.45, 2.75) is 51.2 Å². The molecule has 2 aromatic carbocycles. The molecular weight excluding hydrogens is 481 g/mol. The van der Waals surface area contributed by atoms with E-state index in [1.54, 1.807) is 19.1 Å². The number of carbonyl (C=O) groups is 2. The van der Waals surface area contributed by atoms with Crippen LogP contribution in [0.5, 0.6) is 0 Å². The van der Waals surface area contributed by atoms with E-state index in [4.69, 9.17) is 11.6 Å². The molecule has 7 nitrogen and oxygen atoms in total. The molecule has 1 aliphatic carbocycles. The van der Waals surface area contributed by atoms with Crippen molar-refractivity contribution in [1.29, 1.82) is 0 Å². The zero-order chi connectivity index (χ0) is 24.9. The Morgan fingerprint density at radius 3 is 2.32 bits per heavy atom. The van der Waals surface area contributed by atoms with Crippen molar-refractivity contribution in [3.8, 4) is 0 Å². The topological polar surface area (TPSA) is 86.8 Å². The Bertz CT molecular complexity index is 1120. The first kappa shape index (κ1) is 26.0. The lowest BCUT2D eigenvalue weighted by Gasteiger charge is -2.32. The van der Waals surface area contributed by atoms with E-state index < -0.39 is 34.3 Å². The minimum absolute atomic E-state index is 0.0124. The highest BCUT2D eigenvalue weighted by molar-refractivity contribution is 7.92. The van der Waals surface area contributed by atoms with Gasteiger partial charge in [0.15, 0.2) is 0 Å². The number of rotatable bonds is 9. The molecule has 0 radical (unpaired) electrons. The minimum atomic E-state index is -3.86. The molecule has 34 heavy (non-hydrogen) atoms. The van der Waals surface area contributed by atoms with Crippen LogP contribution >= 0.6 is 11.6 Å². The third-order valence-electron chi connectivity index (χ3n) is 5.94. The van der Waals surface area contributed by atoms with Gasteiger partial charge in [0.25, 0.3) is 0 Å². The molecule has 10 heteroatoms. The maximum Gasteiger partial charge on any atom is 0.244 e. The lowest BCUT2D eigenvalue weighted by atomic mass is 10.1. The van der Waals surface area contributed by atoms with Crippen molar-refractivity contribution in [3.05, 3.63) is 64.9 Å². The number of nitrogens with one attached hydrogen (secondary N) is 1. The number of carbonyl (C=O) groups excluding carboxylic acids is 2. The Hall–Kier alpha value is -2.65. The summed E-state index contributed by atoms with van der Waals surface area (Å²) < 4.78 is 39.4. The first-order valence-corrected chi connectivity index (χ1v) is 13.4. The van der Waals surface area contributed by atoms with Crippen molar-refractivity contribution < 1.29 is 22.4 Å². The monoisotopic (exact) mass is 509 g/mol. The second-order valence-electron chi connectivity index (χ2n) is 8.54. The standard InChI is InChI=1S/C24H29ClFN3O4S/c1-17(24(31)27-20-7-3-4-8-20)28(15-18-11-13-19(26)14-12-18)23(30)16-29(34(2,32)33)22-10-6-5-9-21(22)25/h5-6,9-14,17,20H,3-4,7-8,15-16H2,1-2H3,(H,27,31)/t17-/m0/s1. The summed E-state index contributed by atoms with van der Waals surface area (Å²) in [6, 6.07) is 11.1. The predicted octanol–water partition coefficient (Wildman–Crippen LogP) is 3.72. The number of amides is 2. The average molecular weight is 510 g/mol. The molecule has 1 saturated carbocycles. The third kappa shape index (κ3) is 6.70. The van der Waals surface area contributed by atoms with Gasteiger partial charge in [0, 0.05) is 12.6 Å². The molecule has 0 aromatic heterocycles. The number of hydrogen-bond acceptors (Lipinski definition) is 4. The van der Waals surface area contributed by atoms with Gasteiger partial charge in [-0.2, -0.15) is 0 Å². The Labute approximate surface area is 204 Å². The van der Waals surface area contributed by atoms with Gasteiger partial charge in [0.1, 0.15) is 18.4 Å². The van der Waals surface area contributed by atoms with E-state index in [-0.39, 0.29) is 29.2 Å². The molecule has 2 aromatic rings. The maximum absolute atomic E-state index is 13.5. The van der Waals surface area contributed by atoms with Crippen molar-refractivity contribution in [2.75, 3.05) is 17.1 Å². The minimum Gasteiger partial charge on any atom is -0.352 e. The lowest BCUT2D eigenvalue weighted by Crippen LogP contribution is -2.52. The normalized spacial score (nSPS) is 15.1. The van der Waals surface area contributed by atoms with Gasteiger partial charge in [-0.3, -0.25) is 13.9 Å². The zero-order valence-corrected chi connectivity index (χ0v) is 20.8. The van der Waals surface area contributed by atoms with Crippen LogP contribution in [0.4, 0.5) is 10.1 Å². The van der Waals surface area contributed by atoms with Gasteiger partial charge in [-0.25, -0.2) is 12.8 Å². The highest BCUT2D eigenvalue weighted by atomic mass is 35.5. The van der Waals surface area contributed by atoms with E-state index in [0.29, 0.717) is 5.56 Å². The smallest absolute Gasteiger partial charge is 0.244 e. The van der Waals surface area contributed by atoms with Gasteiger partial charge in [-0.05, 0) is 49.6 Å². The van der Waals surface area contributed by atoms with E-state index in [2.05, 4.69) is 5.32 Å². The second-order valence-corrected chi connectivity index (χ2v) is 10.8. The average Bonchev–Trinajstić information content (AvgIpc) is 3.29. The fourth-order valence-corrected chi connectivity index (χ4v) is 5.16. The van der Waals surface area contributed by atoms with Crippen LogP contribution in [-0.4, -0.2) is 50.0 Å². The number of nitrogens with zero attached hydrogens (tertiary/aromatic N) is 2. The molecule has 1 fully saturated rings.